The van der Waals surface area contributed by atoms with Gasteiger partial charge in [-0.1, -0.05) is 6.07 Å². The molecular weight excluding hydrogens is 200 g/mol. The number of ether oxygens (including phenoxy) is 1. The van der Waals surface area contributed by atoms with Gasteiger partial charge >= 0.3 is 0 Å². The number of likely N-dealkylation sites (N-methyl/N-ethyl adjacent to an activating group) is 1. The van der Waals surface area contributed by atoms with Gasteiger partial charge in [0.05, 0.1) is 12.8 Å². The molecule has 0 amide bonds. The molecule has 3 heteroatoms. The van der Waals surface area contributed by atoms with Gasteiger partial charge < -0.3 is 15.4 Å². The number of nitrogens with one attached hydrogen (secondary N) is 2. The average Bonchev–Trinajstić information content (AvgIpc) is 2.27. The lowest BCUT2D eigenvalue weighted by Gasteiger charge is -2.25. The van der Waals surface area contributed by atoms with E-state index >= 15 is 0 Å². The molecule has 0 heterocycles. The number of methoxy groups -OCH3 is 1. The highest BCUT2D eigenvalue weighted by Gasteiger charge is 2.14. The third kappa shape index (κ3) is 3.42. The second-order valence-electron chi connectivity index (χ2n) is 4.69. The smallest absolute Gasteiger partial charge is 0.141 e. The van der Waals surface area contributed by atoms with Crippen molar-refractivity contribution in [3.05, 3.63) is 23.8 Å². The highest BCUT2D eigenvalue weighted by atomic mass is 16.5. The van der Waals surface area contributed by atoms with Crippen LogP contribution in [0.5, 0.6) is 5.75 Å². The molecule has 3 nitrogen and oxygen atoms in total. The first-order valence-electron chi connectivity index (χ1n) is 5.56. The lowest BCUT2D eigenvalue weighted by molar-refractivity contribution is 0.413. The molecule has 0 fully saturated rings. The topological polar surface area (TPSA) is 33.3 Å². The standard InChI is InChI=1S/C13H22N2O/c1-10-6-7-12(16-5)11(8-10)15-9-13(2,3)14-4/h6-8,14-15H,9H2,1-5H3. The van der Waals surface area contributed by atoms with Crippen LogP contribution in [-0.2, 0) is 0 Å². The summed E-state index contributed by atoms with van der Waals surface area (Å²) >= 11 is 0. The van der Waals surface area contributed by atoms with Crippen LogP contribution in [-0.4, -0.2) is 26.2 Å². The molecule has 1 rings (SSSR count). The third-order valence-electron chi connectivity index (χ3n) is 2.75. The molecule has 0 radical (unpaired) electrons. The Kier molecular flexibility index (Phi) is 4.19. The normalized spacial score (nSPS) is 11.3. The summed E-state index contributed by atoms with van der Waals surface area (Å²) in [4.78, 5) is 0. The Morgan fingerprint density at radius 2 is 2.00 bits per heavy atom. The van der Waals surface area contributed by atoms with E-state index in [0.29, 0.717) is 0 Å². The molecule has 0 spiro atoms. The molecule has 0 bridgehead atoms. The van der Waals surface area contributed by atoms with Gasteiger partial charge in [-0.2, -0.15) is 0 Å². The minimum atomic E-state index is 0.0642. The van der Waals surface area contributed by atoms with Gasteiger partial charge in [0.2, 0.25) is 0 Å². The number of anilines is 1. The van der Waals surface area contributed by atoms with Crippen LogP contribution >= 0.6 is 0 Å². The van der Waals surface area contributed by atoms with E-state index in [0.717, 1.165) is 18.0 Å². The van der Waals surface area contributed by atoms with E-state index in [1.54, 1.807) is 7.11 Å². The Balaban J connectivity index is 2.76. The zero-order valence-electron chi connectivity index (χ0n) is 10.8. The maximum absolute atomic E-state index is 5.32. The lowest BCUT2D eigenvalue weighted by Crippen LogP contribution is -2.42. The largest absolute Gasteiger partial charge is 0.495 e. The van der Waals surface area contributed by atoms with Crippen LogP contribution in [0.4, 0.5) is 5.69 Å². The van der Waals surface area contributed by atoms with Crippen LogP contribution in [0.3, 0.4) is 0 Å². The molecule has 1 aromatic rings. The maximum Gasteiger partial charge on any atom is 0.141 e. The van der Waals surface area contributed by atoms with E-state index < -0.39 is 0 Å². The van der Waals surface area contributed by atoms with Crippen molar-refractivity contribution in [3.63, 3.8) is 0 Å². The average molecular weight is 222 g/mol. The second kappa shape index (κ2) is 5.21. The third-order valence-corrected chi connectivity index (χ3v) is 2.75. The van der Waals surface area contributed by atoms with Gasteiger partial charge in [0.25, 0.3) is 0 Å². The van der Waals surface area contributed by atoms with Gasteiger partial charge in [0, 0.05) is 12.1 Å². The van der Waals surface area contributed by atoms with Crippen molar-refractivity contribution >= 4 is 5.69 Å². The van der Waals surface area contributed by atoms with Crippen molar-refractivity contribution in [2.75, 3.05) is 26.0 Å². The summed E-state index contributed by atoms with van der Waals surface area (Å²) in [5, 5.41) is 6.67. The van der Waals surface area contributed by atoms with Crippen molar-refractivity contribution in [3.8, 4) is 5.75 Å². The molecule has 0 aliphatic rings. The number of rotatable bonds is 5. The van der Waals surface area contributed by atoms with Crippen LogP contribution in [0.1, 0.15) is 19.4 Å². The molecule has 2 N–H and O–H groups in total. The fraction of sp³-hybridized carbons (Fsp3) is 0.538. The van der Waals surface area contributed by atoms with Crippen molar-refractivity contribution in [1.82, 2.24) is 5.32 Å². The molecule has 16 heavy (non-hydrogen) atoms. The van der Waals surface area contributed by atoms with Gasteiger partial charge in [0.1, 0.15) is 5.75 Å². The number of benzene rings is 1. The molecule has 1 aromatic carbocycles. The summed E-state index contributed by atoms with van der Waals surface area (Å²) in [7, 11) is 3.66. The summed E-state index contributed by atoms with van der Waals surface area (Å²) in [6, 6.07) is 6.14. The Morgan fingerprint density at radius 1 is 1.31 bits per heavy atom. The predicted molar refractivity (Wildman–Crippen MR) is 69.4 cm³/mol. The fourth-order valence-electron chi connectivity index (χ4n) is 1.36. The fourth-order valence-corrected chi connectivity index (χ4v) is 1.36. The molecule has 0 unspecified atom stereocenters. The van der Waals surface area contributed by atoms with Gasteiger partial charge in [-0.15, -0.1) is 0 Å². The van der Waals surface area contributed by atoms with Crippen LogP contribution in [0.25, 0.3) is 0 Å². The molecule has 90 valence electrons. The Hall–Kier alpha value is -1.22. The number of hydrogen-bond donors (Lipinski definition) is 2. The molecular formula is C13H22N2O. The highest BCUT2D eigenvalue weighted by Crippen LogP contribution is 2.25. The van der Waals surface area contributed by atoms with Crippen molar-refractivity contribution < 1.29 is 4.74 Å². The monoisotopic (exact) mass is 222 g/mol. The van der Waals surface area contributed by atoms with E-state index in [4.69, 9.17) is 4.74 Å². The minimum absolute atomic E-state index is 0.0642. The maximum atomic E-state index is 5.32. The molecule has 0 atom stereocenters. The first kappa shape index (κ1) is 12.8. The SMILES string of the molecule is CNC(C)(C)CNc1cc(C)ccc1OC. The molecule has 0 saturated carbocycles. The van der Waals surface area contributed by atoms with E-state index in [9.17, 15) is 0 Å². The number of hydrogen-bond acceptors (Lipinski definition) is 3. The zero-order chi connectivity index (χ0) is 12.2. The minimum Gasteiger partial charge on any atom is -0.495 e. The van der Waals surface area contributed by atoms with E-state index in [2.05, 4.69) is 37.5 Å². The Labute approximate surface area is 98.2 Å². The van der Waals surface area contributed by atoms with E-state index in [1.807, 2.05) is 19.2 Å². The van der Waals surface area contributed by atoms with Crippen LogP contribution in [0.2, 0.25) is 0 Å². The number of aryl methyl sites for hydroxylation is 1. The Morgan fingerprint density at radius 3 is 2.56 bits per heavy atom. The molecule has 0 aromatic heterocycles. The first-order valence-corrected chi connectivity index (χ1v) is 5.56. The van der Waals surface area contributed by atoms with E-state index in [1.165, 1.54) is 5.56 Å². The predicted octanol–water partition coefficient (Wildman–Crippen LogP) is 2.41. The van der Waals surface area contributed by atoms with Crippen LogP contribution in [0.15, 0.2) is 18.2 Å². The summed E-state index contributed by atoms with van der Waals surface area (Å²) in [5.74, 6) is 0.887. The van der Waals surface area contributed by atoms with Gasteiger partial charge in [-0.25, -0.2) is 0 Å². The summed E-state index contributed by atoms with van der Waals surface area (Å²) in [6.45, 7) is 7.24. The Bertz CT molecular complexity index is 348. The lowest BCUT2D eigenvalue weighted by atomic mass is 10.1. The van der Waals surface area contributed by atoms with Crippen LogP contribution in [0, 0.1) is 6.92 Å². The molecule has 0 saturated heterocycles. The van der Waals surface area contributed by atoms with Crippen molar-refractivity contribution in [2.24, 2.45) is 0 Å². The van der Waals surface area contributed by atoms with E-state index in [-0.39, 0.29) is 5.54 Å². The summed E-state index contributed by atoms with van der Waals surface area (Å²) < 4.78 is 5.32. The second-order valence-corrected chi connectivity index (χ2v) is 4.69. The van der Waals surface area contributed by atoms with Gasteiger partial charge in [-0.05, 0) is 45.5 Å². The summed E-state index contributed by atoms with van der Waals surface area (Å²) in [5.41, 5.74) is 2.34. The molecule has 0 aliphatic heterocycles. The van der Waals surface area contributed by atoms with Crippen LogP contribution < -0.4 is 15.4 Å². The zero-order valence-corrected chi connectivity index (χ0v) is 10.8. The van der Waals surface area contributed by atoms with Crippen molar-refractivity contribution in [2.45, 2.75) is 26.3 Å². The molecule has 0 aliphatic carbocycles. The van der Waals surface area contributed by atoms with Gasteiger partial charge in [-0.3, -0.25) is 0 Å². The van der Waals surface area contributed by atoms with Crippen molar-refractivity contribution in [1.29, 1.82) is 0 Å². The quantitative estimate of drug-likeness (QED) is 0.802. The first-order chi connectivity index (χ1) is 7.48. The highest BCUT2D eigenvalue weighted by molar-refractivity contribution is 5.58. The summed E-state index contributed by atoms with van der Waals surface area (Å²) in [6.07, 6.45) is 0. The van der Waals surface area contributed by atoms with Gasteiger partial charge in [0.15, 0.2) is 0 Å².